The van der Waals surface area contributed by atoms with Crippen LogP contribution < -0.4 is 0 Å². The molecule has 0 saturated heterocycles. The maximum absolute atomic E-state index is 12.7. The Morgan fingerprint density at radius 3 is 0.919 bits per heavy atom. The van der Waals surface area contributed by atoms with Gasteiger partial charge >= 0.3 is 17.9 Å². The zero-order valence-corrected chi connectivity index (χ0v) is 41.7. The van der Waals surface area contributed by atoms with E-state index in [0.717, 1.165) is 77.0 Å². The number of unbranched alkanes of at least 4 members (excludes halogenated alkanes) is 35. The van der Waals surface area contributed by atoms with E-state index >= 15 is 0 Å². The Bertz CT molecular complexity index is 1000. The summed E-state index contributed by atoms with van der Waals surface area (Å²) in [5.74, 6) is -0.878. The van der Waals surface area contributed by atoms with E-state index in [1.807, 2.05) is 0 Å². The maximum atomic E-state index is 12.7. The summed E-state index contributed by atoms with van der Waals surface area (Å²) in [6, 6.07) is 0. The molecule has 0 aliphatic heterocycles. The number of carbonyl (C=O) groups is 3. The van der Waals surface area contributed by atoms with Crippen molar-refractivity contribution in [2.75, 3.05) is 13.2 Å². The quantitative estimate of drug-likeness (QED) is 0.0262. The van der Waals surface area contributed by atoms with Gasteiger partial charge in [-0.15, -0.1) is 0 Å². The summed E-state index contributed by atoms with van der Waals surface area (Å²) in [6.45, 7) is 6.56. The monoisotopic (exact) mass is 873 g/mol. The standard InChI is InChI=1S/C56H104O6/c1-4-7-10-13-15-17-19-21-23-25-26-27-28-29-31-32-34-36-38-40-43-46-49-55(58)61-52-53(51-60-54(57)48-45-42-12-9-6-3)62-56(59)50-47-44-41-39-37-35-33-30-24-22-20-18-16-14-11-8-5-2/h16,18,22,24,53H,4-15,17,19-21,23,25-52H2,1-3H3/b18-16-,24-22-. The predicted molar refractivity (Wildman–Crippen MR) is 266 cm³/mol. The fraction of sp³-hybridized carbons (Fsp3) is 0.875. The molecule has 1 unspecified atom stereocenters. The summed E-state index contributed by atoms with van der Waals surface area (Å²) in [7, 11) is 0. The van der Waals surface area contributed by atoms with Crippen LogP contribution in [0.5, 0.6) is 0 Å². The topological polar surface area (TPSA) is 78.9 Å². The molecule has 0 spiro atoms. The molecule has 0 aromatic heterocycles. The van der Waals surface area contributed by atoms with Gasteiger partial charge in [0.2, 0.25) is 0 Å². The molecule has 62 heavy (non-hydrogen) atoms. The summed E-state index contributed by atoms with van der Waals surface area (Å²) < 4.78 is 16.7. The molecule has 0 aliphatic rings. The highest BCUT2D eigenvalue weighted by Crippen LogP contribution is 2.17. The van der Waals surface area contributed by atoms with E-state index < -0.39 is 6.10 Å². The van der Waals surface area contributed by atoms with Crippen molar-refractivity contribution in [2.45, 2.75) is 303 Å². The second kappa shape index (κ2) is 51.5. The number of ether oxygens (including phenoxy) is 3. The Kier molecular flexibility index (Phi) is 49.8. The van der Waals surface area contributed by atoms with Crippen LogP contribution in [0, 0.1) is 0 Å². The van der Waals surface area contributed by atoms with Crippen molar-refractivity contribution in [1.82, 2.24) is 0 Å². The maximum Gasteiger partial charge on any atom is 0.306 e. The number of carbonyl (C=O) groups excluding carboxylic acids is 3. The lowest BCUT2D eigenvalue weighted by atomic mass is 10.0. The molecule has 0 N–H and O–H groups in total. The highest BCUT2D eigenvalue weighted by molar-refractivity contribution is 5.71. The van der Waals surface area contributed by atoms with Crippen LogP contribution in [-0.2, 0) is 28.6 Å². The Balaban J connectivity index is 4.07. The molecule has 0 amide bonds. The first kappa shape index (κ1) is 59.9. The Labute approximate surface area is 385 Å². The molecule has 364 valence electrons. The highest BCUT2D eigenvalue weighted by Gasteiger charge is 2.19. The molecule has 0 radical (unpaired) electrons. The van der Waals surface area contributed by atoms with Gasteiger partial charge in [0.15, 0.2) is 6.10 Å². The van der Waals surface area contributed by atoms with E-state index in [1.54, 1.807) is 0 Å². The minimum absolute atomic E-state index is 0.0708. The summed E-state index contributed by atoms with van der Waals surface area (Å²) in [6.07, 6.45) is 59.2. The number of esters is 3. The second-order valence-electron chi connectivity index (χ2n) is 18.5. The zero-order valence-electron chi connectivity index (χ0n) is 41.7. The van der Waals surface area contributed by atoms with E-state index in [2.05, 4.69) is 45.1 Å². The molecule has 0 heterocycles. The largest absolute Gasteiger partial charge is 0.462 e. The van der Waals surface area contributed by atoms with Gasteiger partial charge in [-0.3, -0.25) is 14.4 Å². The highest BCUT2D eigenvalue weighted by atomic mass is 16.6. The molecule has 0 saturated carbocycles. The van der Waals surface area contributed by atoms with Gasteiger partial charge in [-0.2, -0.15) is 0 Å². The lowest BCUT2D eigenvalue weighted by molar-refractivity contribution is -0.167. The smallest absolute Gasteiger partial charge is 0.306 e. The van der Waals surface area contributed by atoms with Gasteiger partial charge in [0.25, 0.3) is 0 Å². The Morgan fingerprint density at radius 2 is 0.581 bits per heavy atom. The number of hydrogen-bond donors (Lipinski definition) is 0. The van der Waals surface area contributed by atoms with Crippen molar-refractivity contribution < 1.29 is 28.6 Å². The molecule has 1 atom stereocenters. The third kappa shape index (κ3) is 48.9. The Morgan fingerprint density at radius 1 is 0.323 bits per heavy atom. The summed E-state index contributed by atoms with van der Waals surface area (Å²) in [5, 5.41) is 0. The van der Waals surface area contributed by atoms with E-state index in [0.29, 0.717) is 19.3 Å². The average Bonchev–Trinajstić information content (AvgIpc) is 3.27. The van der Waals surface area contributed by atoms with Gasteiger partial charge in [-0.1, -0.05) is 251 Å². The molecule has 6 nitrogen and oxygen atoms in total. The molecule has 6 heteroatoms. The van der Waals surface area contributed by atoms with Crippen LogP contribution in [0.1, 0.15) is 297 Å². The van der Waals surface area contributed by atoms with Gasteiger partial charge in [0.1, 0.15) is 13.2 Å². The van der Waals surface area contributed by atoms with Crippen LogP contribution >= 0.6 is 0 Å². The van der Waals surface area contributed by atoms with Crippen molar-refractivity contribution in [3.05, 3.63) is 24.3 Å². The number of allylic oxidation sites excluding steroid dienone is 4. The first-order valence-electron chi connectivity index (χ1n) is 27.3. The van der Waals surface area contributed by atoms with Gasteiger partial charge in [-0.25, -0.2) is 0 Å². The van der Waals surface area contributed by atoms with Crippen LogP contribution in [0.2, 0.25) is 0 Å². The van der Waals surface area contributed by atoms with Crippen LogP contribution in [0.15, 0.2) is 24.3 Å². The van der Waals surface area contributed by atoms with E-state index in [4.69, 9.17) is 14.2 Å². The van der Waals surface area contributed by atoms with Crippen LogP contribution in [0.3, 0.4) is 0 Å². The van der Waals surface area contributed by atoms with Crippen molar-refractivity contribution in [3.8, 4) is 0 Å². The lowest BCUT2D eigenvalue weighted by Gasteiger charge is -2.18. The molecular formula is C56H104O6. The molecule has 0 aromatic carbocycles. The fourth-order valence-corrected chi connectivity index (χ4v) is 8.06. The Hall–Kier alpha value is -2.11. The lowest BCUT2D eigenvalue weighted by Crippen LogP contribution is -2.30. The third-order valence-electron chi connectivity index (χ3n) is 12.2. The SMILES string of the molecule is CCCCC/C=C\C/C=C\CCCCCCCCCC(=O)OC(COC(=O)CCCCCCC)COC(=O)CCCCCCCCCCCCCCCCCCCCCCCC. The minimum Gasteiger partial charge on any atom is -0.462 e. The first-order valence-corrected chi connectivity index (χ1v) is 27.3. The third-order valence-corrected chi connectivity index (χ3v) is 12.2. The van der Waals surface area contributed by atoms with Crippen LogP contribution in [0.4, 0.5) is 0 Å². The summed E-state index contributed by atoms with van der Waals surface area (Å²) in [5.41, 5.74) is 0. The minimum atomic E-state index is -0.768. The number of rotatable bonds is 50. The van der Waals surface area contributed by atoms with Crippen molar-refractivity contribution in [2.24, 2.45) is 0 Å². The summed E-state index contributed by atoms with van der Waals surface area (Å²) in [4.78, 5) is 37.7. The van der Waals surface area contributed by atoms with E-state index in [1.165, 1.54) is 180 Å². The normalized spacial score (nSPS) is 12.1. The van der Waals surface area contributed by atoms with Crippen molar-refractivity contribution in [3.63, 3.8) is 0 Å². The van der Waals surface area contributed by atoms with Gasteiger partial charge in [-0.05, 0) is 51.4 Å². The summed E-state index contributed by atoms with van der Waals surface area (Å²) >= 11 is 0. The van der Waals surface area contributed by atoms with Crippen LogP contribution in [-0.4, -0.2) is 37.2 Å². The van der Waals surface area contributed by atoms with E-state index in [9.17, 15) is 14.4 Å². The molecule has 0 fully saturated rings. The second-order valence-corrected chi connectivity index (χ2v) is 18.5. The molecular weight excluding hydrogens is 769 g/mol. The first-order chi connectivity index (χ1) is 30.5. The van der Waals surface area contributed by atoms with Gasteiger partial charge in [0.05, 0.1) is 0 Å². The van der Waals surface area contributed by atoms with Crippen molar-refractivity contribution in [1.29, 1.82) is 0 Å². The molecule has 0 aliphatic carbocycles. The van der Waals surface area contributed by atoms with Gasteiger partial charge < -0.3 is 14.2 Å². The molecule has 0 aromatic rings. The van der Waals surface area contributed by atoms with Gasteiger partial charge in [0, 0.05) is 19.3 Å². The van der Waals surface area contributed by atoms with Crippen molar-refractivity contribution >= 4 is 17.9 Å². The average molecular weight is 873 g/mol. The van der Waals surface area contributed by atoms with Crippen LogP contribution in [0.25, 0.3) is 0 Å². The molecule has 0 bridgehead atoms. The zero-order chi connectivity index (χ0) is 45.1. The molecule has 0 rings (SSSR count). The van der Waals surface area contributed by atoms with E-state index in [-0.39, 0.29) is 31.1 Å². The number of hydrogen-bond acceptors (Lipinski definition) is 6. The predicted octanol–water partition coefficient (Wildman–Crippen LogP) is 17.9. The fourth-order valence-electron chi connectivity index (χ4n) is 8.06.